The van der Waals surface area contributed by atoms with Crippen molar-refractivity contribution in [3.8, 4) is 0 Å². The van der Waals surface area contributed by atoms with E-state index < -0.39 is 11.8 Å². The van der Waals surface area contributed by atoms with Gasteiger partial charge in [0.2, 0.25) is 0 Å². The molecule has 32 heavy (non-hydrogen) atoms. The molecule has 0 aromatic rings. The van der Waals surface area contributed by atoms with Crippen LogP contribution in [0.5, 0.6) is 0 Å². The normalized spacial score (nSPS) is 12.5. The van der Waals surface area contributed by atoms with E-state index in [9.17, 15) is 19.2 Å². The third kappa shape index (κ3) is 14.0. The van der Waals surface area contributed by atoms with E-state index in [2.05, 4.69) is 9.47 Å². The molecule has 186 valence electrons. The molecule has 2 unspecified atom stereocenters. The molecule has 0 saturated carbocycles. The van der Waals surface area contributed by atoms with Crippen molar-refractivity contribution in [1.29, 1.82) is 0 Å². The van der Waals surface area contributed by atoms with Gasteiger partial charge in [-0.15, -0.1) is 0 Å². The first-order chi connectivity index (χ1) is 15.4. The van der Waals surface area contributed by atoms with Crippen LogP contribution < -0.4 is 0 Å². The Kier molecular flexibility index (Phi) is 18.3. The summed E-state index contributed by atoms with van der Waals surface area (Å²) in [6.45, 7) is 0. The molecule has 0 aromatic carbocycles. The Hall–Kier alpha value is -2.12. The standard InChI is InChI=1S/C24H42O8/c1-29-21(25)17-13-9-5-7-11-15-19(23(27)31-3)20(24(28)32-4)16-12-8-6-10-14-18-22(26)30-2/h19-20H,5-18H2,1-4H3. The third-order valence-electron chi connectivity index (χ3n) is 5.74. The number of hydrogen-bond donors (Lipinski definition) is 0. The first-order valence-electron chi connectivity index (χ1n) is 11.7. The summed E-state index contributed by atoms with van der Waals surface area (Å²) in [5.41, 5.74) is 0. The van der Waals surface area contributed by atoms with Gasteiger partial charge in [0, 0.05) is 12.8 Å². The number of carbonyl (C=O) groups excluding carboxylic acids is 4. The summed E-state index contributed by atoms with van der Waals surface area (Å²) in [7, 11) is 5.46. The fourth-order valence-corrected chi connectivity index (χ4v) is 3.80. The van der Waals surface area contributed by atoms with Crippen LogP contribution in [-0.2, 0) is 38.1 Å². The zero-order valence-electron chi connectivity index (χ0n) is 20.3. The van der Waals surface area contributed by atoms with E-state index in [0.29, 0.717) is 25.7 Å². The van der Waals surface area contributed by atoms with E-state index in [4.69, 9.17) is 9.47 Å². The van der Waals surface area contributed by atoms with Gasteiger partial charge in [0.05, 0.1) is 40.3 Å². The molecule has 0 aliphatic carbocycles. The molecule has 0 spiro atoms. The minimum absolute atomic E-state index is 0.194. The fourth-order valence-electron chi connectivity index (χ4n) is 3.80. The van der Waals surface area contributed by atoms with E-state index in [1.807, 2.05) is 0 Å². The average molecular weight is 459 g/mol. The summed E-state index contributed by atoms with van der Waals surface area (Å²) < 4.78 is 19.2. The highest BCUT2D eigenvalue weighted by Gasteiger charge is 2.34. The molecule has 0 aliphatic heterocycles. The third-order valence-corrected chi connectivity index (χ3v) is 5.74. The molecule has 0 N–H and O–H groups in total. The molecule has 0 radical (unpaired) electrons. The predicted octanol–water partition coefficient (Wildman–Crippen LogP) is 4.37. The van der Waals surface area contributed by atoms with E-state index in [0.717, 1.165) is 64.2 Å². The lowest BCUT2D eigenvalue weighted by Crippen LogP contribution is -2.32. The van der Waals surface area contributed by atoms with Crippen LogP contribution in [0.4, 0.5) is 0 Å². The first-order valence-corrected chi connectivity index (χ1v) is 11.7. The van der Waals surface area contributed by atoms with Crippen molar-refractivity contribution in [1.82, 2.24) is 0 Å². The van der Waals surface area contributed by atoms with Crippen molar-refractivity contribution in [3.63, 3.8) is 0 Å². The number of methoxy groups -OCH3 is 4. The summed E-state index contributed by atoms with van der Waals surface area (Å²) in [6.07, 6.45) is 10.8. The van der Waals surface area contributed by atoms with Crippen LogP contribution in [0.25, 0.3) is 0 Å². The van der Waals surface area contributed by atoms with Gasteiger partial charge in [-0.25, -0.2) is 0 Å². The number of hydrogen-bond acceptors (Lipinski definition) is 8. The van der Waals surface area contributed by atoms with Gasteiger partial charge >= 0.3 is 23.9 Å². The lowest BCUT2D eigenvalue weighted by Gasteiger charge is -2.23. The van der Waals surface area contributed by atoms with Gasteiger partial charge in [0.25, 0.3) is 0 Å². The van der Waals surface area contributed by atoms with Crippen LogP contribution in [0.1, 0.15) is 89.9 Å². The Morgan fingerprint density at radius 2 is 0.781 bits per heavy atom. The molecule has 0 amide bonds. The molecule has 0 aliphatic rings. The molecule has 0 heterocycles. The van der Waals surface area contributed by atoms with Crippen molar-refractivity contribution in [2.24, 2.45) is 11.8 Å². The monoisotopic (exact) mass is 458 g/mol. The van der Waals surface area contributed by atoms with Crippen molar-refractivity contribution in [2.75, 3.05) is 28.4 Å². The van der Waals surface area contributed by atoms with E-state index >= 15 is 0 Å². The highest BCUT2D eigenvalue weighted by atomic mass is 16.5. The van der Waals surface area contributed by atoms with Crippen molar-refractivity contribution in [2.45, 2.75) is 89.9 Å². The molecule has 8 heteroatoms. The van der Waals surface area contributed by atoms with E-state index in [1.165, 1.54) is 28.4 Å². The molecular weight excluding hydrogens is 416 g/mol. The Morgan fingerprint density at radius 3 is 1.09 bits per heavy atom. The maximum Gasteiger partial charge on any atom is 0.309 e. The summed E-state index contributed by atoms with van der Waals surface area (Å²) in [5, 5.41) is 0. The molecule has 2 atom stereocenters. The second kappa shape index (κ2) is 19.6. The van der Waals surface area contributed by atoms with Gasteiger partial charge in [-0.2, -0.15) is 0 Å². The fraction of sp³-hybridized carbons (Fsp3) is 0.833. The molecule has 0 saturated heterocycles. The molecule has 0 aromatic heterocycles. The Balaban J connectivity index is 4.45. The average Bonchev–Trinajstić information content (AvgIpc) is 2.81. The van der Waals surface area contributed by atoms with Gasteiger partial charge in [-0.1, -0.05) is 51.4 Å². The quantitative estimate of drug-likeness (QED) is 0.160. The molecule has 0 fully saturated rings. The Bertz CT molecular complexity index is 498. The lowest BCUT2D eigenvalue weighted by molar-refractivity contribution is -0.158. The smallest absolute Gasteiger partial charge is 0.309 e. The van der Waals surface area contributed by atoms with E-state index in [-0.39, 0.29) is 23.9 Å². The number of ether oxygens (including phenoxy) is 4. The van der Waals surface area contributed by atoms with Gasteiger partial charge in [-0.3, -0.25) is 19.2 Å². The van der Waals surface area contributed by atoms with Crippen LogP contribution in [0.3, 0.4) is 0 Å². The van der Waals surface area contributed by atoms with E-state index in [1.54, 1.807) is 0 Å². The van der Waals surface area contributed by atoms with Gasteiger partial charge in [0.15, 0.2) is 0 Å². The first kappa shape index (κ1) is 29.9. The zero-order valence-corrected chi connectivity index (χ0v) is 20.3. The minimum Gasteiger partial charge on any atom is -0.469 e. The van der Waals surface area contributed by atoms with Crippen molar-refractivity contribution < 1.29 is 38.1 Å². The van der Waals surface area contributed by atoms with Gasteiger partial charge in [-0.05, 0) is 25.7 Å². The van der Waals surface area contributed by atoms with Crippen LogP contribution in [0.15, 0.2) is 0 Å². The highest BCUT2D eigenvalue weighted by molar-refractivity contribution is 5.82. The second-order valence-corrected chi connectivity index (χ2v) is 8.02. The second-order valence-electron chi connectivity index (χ2n) is 8.02. The molecular formula is C24H42O8. The Labute approximate surface area is 192 Å². The lowest BCUT2D eigenvalue weighted by atomic mass is 9.83. The molecule has 0 bridgehead atoms. The Morgan fingerprint density at radius 1 is 0.469 bits per heavy atom. The summed E-state index contributed by atoms with van der Waals surface area (Å²) in [4.78, 5) is 47.0. The predicted molar refractivity (Wildman–Crippen MR) is 120 cm³/mol. The number of esters is 4. The topological polar surface area (TPSA) is 105 Å². The number of rotatable bonds is 19. The van der Waals surface area contributed by atoms with Crippen molar-refractivity contribution >= 4 is 23.9 Å². The van der Waals surface area contributed by atoms with Crippen molar-refractivity contribution in [3.05, 3.63) is 0 Å². The number of unbranched alkanes of at least 4 members (excludes halogenated alkanes) is 8. The van der Waals surface area contributed by atoms with Crippen LogP contribution in [-0.4, -0.2) is 52.3 Å². The minimum atomic E-state index is -0.512. The number of carbonyl (C=O) groups is 4. The summed E-state index contributed by atoms with van der Waals surface area (Å²) in [6, 6.07) is 0. The van der Waals surface area contributed by atoms with Crippen LogP contribution in [0.2, 0.25) is 0 Å². The summed E-state index contributed by atoms with van der Waals surface area (Å²) >= 11 is 0. The van der Waals surface area contributed by atoms with Crippen LogP contribution >= 0.6 is 0 Å². The van der Waals surface area contributed by atoms with Gasteiger partial charge in [0.1, 0.15) is 0 Å². The maximum atomic E-state index is 12.4. The SMILES string of the molecule is COC(=O)CCCCCCCC(C(=O)OC)C(CCCCCCCC(=O)OC)C(=O)OC. The molecule has 0 rings (SSSR count). The summed E-state index contributed by atoms with van der Waals surface area (Å²) in [5.74, 6) is -2.16. The van der Waals surface area contributed by atoms with Gasteiger partial charge < -0.3 is 18.9 Å². The maximum absolute atomic E-state index is 12.4. The largest absolute Gasteiger partial charge is 0.469 e. The van der Waals surface area contributed by atoms with Crippen LogP contribution in [0, 0.1) is 11.8 Å². The highest BCUT2D eigenvalue weighted by Crippen LogP contribution is 2.27. The zero-order chi connectivity index (χ0) is 24.2. The molecule has 8 nitrogen and oxygen atoms in total.